The third-order valence-corrected chi connectivity index (χ3v) is 2.89. The number of nitrogens with two attached hydrogens (primary N) is 1. The molecule has 1 rings (SSSR count). The lowest BCUT2D eigenvalue weighted by Gasteiger charge is -2.02. The first-order valence-corrected chi connectivity index (χ1v) is 5.55. The maximum Gasteiger partial charge on any atom is 0.245 e. The lowest BCUT2D eigenvalue weighted by molar-refractivity contribution is -0.123. The zero-order chi connectivity index (χ0) is 12.1. The van der Waals surface area contributed by atoms with Gasteiger partial charge in [-0.2, -0.15) is 0 Å². The number of nitrogens with zero attached hydrogens (tertiary/aromatic N) is 1. The van der Waals surface area contributed by atoms with Crippen molar-refractivity contribution in [1.82, 2.24) is 10.3 Å². The quantitative estimate of drug-likeness (QED) is 0.679. The SMILES string of the molecule is Cc1nc(NC(=O)CNC(=O)CN)sc1C. The van der Waals surface area contributed by atoms with Crippen molar-refractivity contribution in [3.63, 3.8) is 0 Å². The molecule has 0 aromatic carbocycles. The summed E-state index contributed by atoms with van der Waals surface area (Å²) in [6.07, 6.45) is 0. The molecule has 0 aliphatic carbocycles. The highest BCUT2D eigenvalue weighted by molar-refractivity contribution is 7.15. The van der Waals surface area contributed by atoms with E-state index in [0.717, 1.165) is 10.6 Å². The predicted molar refractivity (Wildman–Crippen MR) is 62.3 cm³/mol. The Kier molecular flexibility index (Phi) is 4.39. The van der Waals surface area contributed by atoms with Crippen LogP contribution in [0.15, 0.2) is 0 Å². The molecule has 0 aliphatic rings. The molecule has 4 N–H and O–H groups in total. The number of nitrogens with one attached hydrogen (secondary N) is 2. The second-order valence-electron chi connectivity index (χ2n) is 3.19. The summed E-state index contributed by atoms with van der Waals surface area (Å²) in [5, 5.41) is 5.51. The van der Waals surface area contributed by atoms with Crippen molar-refractivity contribution in [1.29, 1.82) is 0 Å². The van der Waals surface area contributed by atoms with Gasteiger partial charge in [0.25, 0.3) is 0 Å². The number of rotatable bonds is 4. The van der Waals surface area contributed by atoms with Crippen LogP contribution in [0.25, 0.3) is 0 Å². The molecular formula is C9H14N4O2S. The van der Waals surface area contributed by atoms with Crippen molar-refractivity contribution < 1.29 is 9.59 Å². The monoisotopic (exact) mass is 242 g/mol. The molecule has 0 saturated heterocycles. The maximum atomic E-state index is 11.4. The average Bonchev–Trinajstić information content (AvgIpc) is 2.54. The van der Waals surface area contributed by atoms with Gasteiger partial charge >= 0.3 is 0 Å². The Balaban J connectivity index is 2.42. The van der Waals surface area contributed by atoms with E-state index < -0.39 is 0 Å². The van der Waals surface area contributed by atoms with Gasteiger partial charge in [-0.15, -0.1) is 11.3 Å². The van der Waals surface area contributed by atoms with Gasteiger partial charge in [0.2, 0.25) is 11.8 Å². The molecule has 0 unspecified atom stereocenters. The molecule has 0 radical (unpaired) electrons. The van der Waals surface area contributed by atoms with Crippen molar-refractivity contribution in [2.75, 3.05) is 18.4 Å². The second kappa shape index (κ2) is 5.57. The van der Waals surface area contributed by atoms with Gasteiger partial charge in [-0.25, -0.2) is 4.98 Å². The van der Waals surface area contributed by atoms with Crippen LogP contribution < -0.4 is 16.4 Å². The van der Waals surface area contributed by atoms with E-state index >= 15 is 0 Å². The van der Waals surface area contributed by atoms with Gasteiger partial charge in [0.05, 0.1) is 18.8 Å². The van der Waals surface area contributed by atoms with Gasteiger partial charge in [-0.05, 0) is 13.8 Å². The fourth-order valence-electron chi connectivity index (χ4n) is 0.941. The van der Waals surface area contributed by atoms with Gasteiger partial charge in [0, 0.05) is 4.88 Å². The normalized spacial score (nSPS) is 9.94. The highest BCUT2D eigenvalue weighted by Gasteiger charge is 2.08. The molecule has 0 spiro atoms. The van der Waals surface area contributed by atoms with Crippen LogP contribution in [0, 0.1) is 13.8 Å². The Labute approximate surface area is 97.2 Å². The van der Waals surface area contributed by atoms with Gasteiger partial charge in [0.1, 0.15) is 0 Å². The van der Waals surface area contributed by atoms with Crippen LogP contribution in [0.1, 0.15) is 10.6 Å². The summed E-state index contributed by atoms with van der Waals surface area (Å²) in [7, 11) is 0. The zero-order valence-corrected chi connectivity index (χ0v) is 9.98. The second-order valence-corrected chi connectivity index (χ2v) is 4.39. The predicted octanol–water partition coefficient (Wildman–Crippen LogP) is -0.227. The summed E-state index contributed by atoms with van der Waals surface area (Å²) in [5.41, 5.74) is 5.97. The average molecular weight is 242 g/mol. The van der Waals surface area contributed by atoms with E-state index in [4.69, 9.17) is 5.73 Å². The molecule has 0 bridgehead atoms. The number of anilines is 1. The van der Waals surface area contributed by atoms with Crippen molar-refractivity contribution >= 4 is 28.3 Å². The lowest BCUT2D eigenvalue weighted by atomic mass is 10.4. The van der Waals surface area contributed by atoms with Crippen LogP contribution in [-0.2, 0) is 9.59 Å². The molecule has 0 fully saturated rings. The number of amides is 2. The van der Waals surface area contributed by atoms with Gasteiger partial charge < -0.3 is 16.4 Å². The van der Waals surface area contributed by atoms with E-state index in [1.807, 2.05) is 13.8 Å². The topological polar surface area (TPSA) is 97.1 Å². The molecule has 0 saturated carbocycles. The molecule has 2 amide bonds. The summed E-state index contributed by atoms with van der Waals surface area (Å²) < 4.78 is 0. The first-order chi connectivity index (χ1) is 7.52. The minimum atomic E-state index is -0.360. The zero-order valence-electron chi connectivity index (χ0n) is 9.16. The van der Waals surface area contributed by atoms with Gasteiger partial charge in [0.15, 0.2) is 5.13 Å². The van der Waals surface area contributed by atoms with E-state index in [2.05, 4.69) is 15.6 Å². The van der Waals surface area contributed by atoms with E-state index in [1.165, 1.54) is 11.3 Å². The van der Waals surface area contributed by atoms with Crippen LogP contribution in [0.5, 0.6) is 0 Å². The van der Waals surface area contributed by atoms with Crippen LogP contribution in [0.2, 0.25) is 0 Å². The Morgan fingerprint density at radius 1 is 1.38 bits per heavy atom. The third-order valence-electron chi connectivity index (χ3n) is 1.91. The molecule has 88 valence electrons. The Hall–Kier alpha value is -1.47. The Morgan fingerprint density at radius 3 is 2.56 bits per heavy atom. The number of aryl methyl sites for hydroxylation is 2. The number of aromatic nitrogens is 1. The highest BCUT2D eigenvalue weighted by atomic mass is 32.1. The van der Waals surface area contributed by atoms with Crippen LogP contribution in [0.4, 0.5) is 5.13 Å². The number of carbonyl (C=O) groups is 2. The first-order valence-electron chi connectivity index (χ1n) is 4.73. The maximum absolute atomic E-state index is 11.4. The highest BCUT2D eigenvalue weighted by Crippen LogP contribution is 2.20. The van der Waals surface area contributed by atoms with Gasteiger partial charge in [-0.1, -0.05) is 0 Å². The summed E-state index contributed by atoms with van der Waals surface area (Å²) in [5.74, 6) is -0.669. The van der Waals surface area contributed by atoms with E-state index in [0.29, 0.717) is 5.13 Å². The molecule has 0 atom stereocenters. The molecule has 0 aliphatic heterocycles. The summed E-state index contributed by atoms with van der Waals surface area (Å²) in [4.78, 5) is 27.4. The summed E-state index contributed by atoms with van der Waals surface area (Å²) in [6.45, 7) is 3.59. The number of hydrogen-bond donors (Lipinski definition) is 3. The van der Waals surface area contributed by atoms with Crippen molar-refractivity contribution in [2.45, 2.75) is 13.8 Å². The molecular weight excluding hydrogens is 228 g/mol. The third kappa shape index (κ3) is 3.59. The molecule has 16 heavy (non-hydrogen) atoms. The smallest absolute Gasteiger partial charge is 0.245 e. The molecule has 1 aromatic rings. The van der Waals surface area contributed by atoms with E-state index in [9.17, 15) is 9.59 Å². The molecule has 1 aromatic heterocycles. The lowest BCUT2D eigenvalue weighted by Crippen LogP contribution is -2.36. The van der Waals surface area contributed by atoms with Crippen LogP contribution in [0.3, 0.4) is 0 Å². The summed E-state index contributed by atoms with van der Waals surface area (Å²) >= 11 is 1.40. The number of thiazole rings is 1. The molecule has 7 heteroatoms. The first kappa shape index (κ1) is 12.6. The molecule has 1 heterocycles. The number of hydrogen-bond acceptors (Lipinski definition) is 5. The standard InChI is InChI=1S/C9H14N4O2S/c1-5-6(2)16-9(12-5)13-8(15)4-11-7(14)3-10/h3-4,10H2,1-2H3,(H,11,14)(H,12,13,15). The fraction of sp³-hybridized carbons (Fsp3) is 0.444. The largest absolute Gasteiger partial charge is 0.346 e. The van der Waals surface area contributed by atoms with Crippen molar-refractivity contribution in [3.05, 3.63) is 10.6 Å². The van der Waals surface area contributed by atoms with Crippen molar-refractivity contribution in [3.8, 4) is 0 Å². The fourth-order valence-corrected chi connectivity index (χ4v) is 1.77. The number of carbonyl (C=O) groups excluding carboxylic acids is 2. The van der Waals surface area contributed by atoms with E-state index in [1.54, 1.807) is 0 Å². The van der Waals surface area contributed by atoms with E-state index in [-0.39, 0.29) is 24.9 Å². The molecule has 6 nitrogen and oxygen atoms in total. The minimum Gasteiger partial charge on any atom is -0.346 e. The van der Waals surface area contributed by atoms with Gasteiger partial charge in [-0.3, -0.25) is 9.59 Å². The summed E-state index contributed by atoms with van der Waals surface area (Å²) in [6, 6.07) is 0. The minimum absolute atomic E-state index is 0.0896. The van der Waals surface area contributed by atoms with Crippen molar-refractivity contribution in [2.24, 2.45) is 5.73 Å². The Bertz CT molecular complexity index is 383. The van der Waals surface area contributed by atoms with Crippen LogP contribution in [-0.4, -0.2) is 29.9 Å². The van der Waals surface area contributed by atoms with Crippen LogP contribution >= 0.6 is 11.3 Å². The Morgan fingerprint density at radius 2 is 2.06 bits per heavy atom.